The van der Waals surface area contributed by atoms with Crippen LogP contribution < -0.4 is 15.8 Å². The summed E-state index contributed by atoms with van der Waals surface area (Å²) in [7, 11) is 1.93. The number of nitrogens with zero attached hydrogens (tertiary/aromatic N) is 4. The number of fused-ring (bicyclic) bond motifs is 2. The van der Waals surface area contributed by atoms with Crippen LogP contribution in [-0.4, -0.2) is 50.9 Å². The lowest BCUT2D eigenvalue weighted by atomic mass is 10.0. The molecular weight excluding hydrogens is 504 g/mol. The molecule has 2 amide bonds. The fourth-order valence-corrected chi connectivity index (χ4v) is 5.46. The number of piperidine rings is 1. The van der Waals surface area contributed by atoms with Crippen LogP contribution in [0.5, 0.6) is 11.5 Å². The lowest BCUT2D eigenvalue weighted by Gasteiger charge is -2.18. The van der Waals surface area contributed by atoms with Crippen LogP contribution in [-0.2, 0) is 16.6 Å². The number of carbonyl (C=O) groups excluding carboxylic acids is 2. The summed E-state index contributed by atoms with van der Waals surface area (Å²) in [5, 5.41) is 3.31. The van der Waals surface area contributed by atoms with Crippen LogP contribution in [0.25, 0.3) is 22.2 Å². The second-order valence-corrected chi connectivity index (χ2v) is 10.0. The number of nitrogens with one attached hydrogen (secondary N) is 1. The third kappa shape index (κ3) is 4.64. The first-order valence-electron chi connectivity index (χ1n) is 13.1. The number of hydrogen-bond acceptors (Lipinski definition) is 6. The first-order valence-corrected chi connectivity index (χ1v) is 13.1. The molecule has 9 nitrogen and oxygen atoms in total. The zero-order valence-electron chi connectivity index (χ0n) is 22.0. The van der Waals surface area contributed by atoms with Crippen LogP contribution in [0.15, 0.2) is 73.6 Å². The van der Waals surface area contributed by atoms with Gasteiger partial charge in [0.05, 0.1) is 11.9 Å². The third-order valence-electron chi connectivity index (χ3n) is 7.62. The van der Waals surface area contributed by atoms with Crippen molar-refractivity contribution in [2.75, 3.05) is 25.4 Å². The van der Waals surface area contributed by atoms with Gasteiger partial charge in [0.15, 0.2) is 0 Å². The molecule has 3 N–H and O–H groups in total. The molecule has 2 fully saturated rings. The fraction of sp³-hybridized carbons (Fsp3) is 0.226. The molecule has 4 aromatic rings. The number of amides is 2. The molecule has 2 aliphatic rings. The van der Waals surface area contributed by atoms with Crippen LogP contribution in [0.3, 0.4) is 0 Å². The summed E-state index contributed by atoms with van der Waals surface area (Å²) in [5.74, 6) is 9.22. The molecule has 2 aromatic carbocycles. The van der Waals surface area contributed by atoms with Gasteiger partial charge in [-0.1, -0.05) is 42.8 Å². The van der Waals surface area contributed by atoms with Gasteiger partial charge in [-0.15, -0.1) is 0 Å². The van der Waals surface area contributed by atoms with Crippen molar-refractivity contribution in [3.05, 3.63) is 79.3 Å². The number of aryl methyl sites for hydroxylation is 1. The van der Waals surface area contributed by atoms with E-state index in [-0.39, 0.29) is 24.3 Å². The van der Waals surface area contributed by atoms with E-state index in [1.165, 1.54) is 6.33 Å². The topological polar surface area (TPSA) is 115 Å². The molecule has 3 atom stereocenters. The highest BCUT2D eigenvalue weighted by molar-refractivity contribution is 6.03. The summed E-state index contributed by atoms with van der Waals surface area (Å²) < 4.78 is 7.93. The fourth-order valence-electron chi connectivity index (χ4n) is 5.46. The van der Waals surface area contributed by atoms with Crippen molar-refractivity contribution >= 4 is 28.7 Å². The molecule has 9 heteroatoms. The first-order chi connectivity index (χ1) is 19.4. The average molecular weight is 533 g/mol. The summed E-state index contributed by atoms with van der Waals surface area (Å²) in [6, 6.07) is 17.5. The van der Waals surface area contributed by atoms with Gasteiger partial charge < -0.3 is 25.3 Å². The van der Waals surface area contributed by atoms with E-state index in [0.717, 1.165) is 39.8 Å². The molecule has 1 aliphatic heterocycles. The summed E-state index contributed by atoms with van der Waals surface area (Å²) >= 11 is 0. The summed E-state index contributed by atoms with van der Waals surface area (Å²) in [5.41, 5.74) is 9.68. The molecule has 6 rings (SSSR count). The molecule has 0 spiro atoms. The molecular formula is C31H28N6O3. The SMILES string of the molecule is C=CC(=O)NCC(=O)N1C[C@@H]2[C@@H](C#Cc3c(-c4ccc(Oc5ccccc5)cc4)c4c(N)ncnc4n3C)[C@@H]2C1. The Morgan fingerprint density at radius 2 is 1.80 bits per heavy atom. The van der Waals surface area contributed by atoms with Gasteiger partial charge >= 0.3 is 0 Å². The summed E-state index contributed by atoms with van der Waals surface area (Å²) in [6.07, 6.45) is 2.62. The molecule has 40 heavy (non-hydrogen) atoms. The molecule has 0 radical (unpaired) electrons. The molecule has 0 bridgehead atoms. The minimum atomic E-state index is -0.351. The maximum Gasteiger partial charge on any atom is 0.243 e. The largest absolute Gasteiger partial charge is 0.457 e. The highest BCUT2D eigenvalue weighted by atomic mass is 16.5. The van der Waals surface area contributed by atoms with Crippen molar-refractivity contribution in [2.45, 2.75) is 0 Å². The number of nitrogen functional groups attached to an aromatic ring is 1. The van der Waals surface area contributed by atoms with Gasteiger partial charge in [-0.3, -0.25) is 9.59 Å². The van der Waals surface area contributed by atoms with E-state index >= 15 is 0 Å². The maximum absolute atomic E-state index is 12.4. The van der Waals surface area contributed by atoms with Crippen LogP contribution in [0.2, 0.25) is 0 Å². The van der Waals surface area contributed by atoms with Crippen molar-refractivity contribution in [3.63, 3.8) is 0 Å². The number of benzene rings is 2. The van der Waals surface area contributed by atoms with E-state index in [2.05, 4.69) is 33.7 Å². The lowest BCUT2D eigenvalue weighted by Crippen LogP contribution is -2.39. The number of nitrogens with two attached hydrogens (primary N) is 1. The summed E-state index contributed by atoms with van der Waals surface area (Å²) in [6.45, 7) is 4.69. The maximum atomic E-state index is 12.4. The predicted molar refractivity (Wildman–Crippen MR) is 152 cm³/mol. The third-order valence-corrected chi connectivity index (χ3v) is 7.62. The Bertz CT molecular complexity index is 1670. The Balaban J connectivity index is 1.24. The van der Waals surface area contributed by atoms with Gasteiger partial charge in [0, 0.05) is 31.6 Å². The van der Waals surface area contributed by atoms with Gasteiger partial charge in [-0.2, -0.15) is 0 Å². The molecule has 2 aromatic heterocycles. The standard InChI is InChI=1S/C31H28N6O3/c1-3-26(38)33-15-27(39)37-16-23-22(24(23)17-37)13-14-25-28(29-30(32)34-18-35-31(29)36(25)2)19-9-11-21(12-10-19)40-20-7-5-4-6-8-20/h3-12,18,22-24H,1,15-17H2,2H3,(H,33,38)(H2,32,34,35)/t22-,23-,24+. The van der Waals surface area contributed by atoms with E-state index in [1.807, 2.05) is 66.2 Å². The van der Waals surface area contributed by atoms with Crippen LogP contribution in [0, 0.1) is 29.6 Å². The number of carbonyl (C=O) groups is 2. The lowest BCUT2D eigenvalue weighted by molar-refractivity contribution is -0.131. The molecule has 1 aliphatic carbocycles. The number of anilines is 1. The Kier molecular flexibility index (Phi) is 6.44. The van der Waals surface area contributed by atoms with E-state index in [4.69, 9.17) is 10.5 Å². The van der Waals surface area contributed by atoms with Gasteiger partial charge in [0.2, 0.25) is 11.8 Å². The van der Waals surface area contributed by atoms with Gasteiger partial charge in [0.25, 0.3) is 0 Å². The van der Waals surface area contributed by atoms with Gasteiger partial charge in [-0.05, 0) is 53.7 Å². The monoisotopic (exact) mass is 532 g/mol. The number of aromatic nitrogens is 3. The van der Waals surface area contributed by atoms with Gasteiger partial charge in [-0.25, -0.2) is 9.97 Å². The average Bonchev–Trinajstić information content (AvgIpc) is 3.27. The number of ether oxygens (including phenoxy) is 1. The van der Waals surface area contributed by atoms with Crippen LogP contribution in [0.1, 0.15) is 5.69 Å². The van der Waals surface area contributed by atoms with Crippen molar-refractivity contribution in [3.8, 4) is 34.5 Å². The first kappa shape index (κ1) is 25.2. The second kappa shape index (κ2) is 10.2. The number of para-hydroxylation sites is 1. The van der Waals surface area contributed by atoms with Crippen molar-refractivity contribution in [1.29, 1.82) is 0 Å². The van der Waals surface area contributed by atoms with E-state index in [1.54, 1.807) is 4.90 Å². The highest BCUT2D eigenvalue weighted by Gasteiger charge is 2.56. The highest BCUT2D eigenvalue weighted by Crippen LogP contribution is 2.51. The Morgan fingerprint density at radius 1 is 1.10 bits per heavy atom. The minimum absolute atomic E-state index is 0.0163. The van der Waals surface area contributed by atoms with E-state index < -0.39 is 0 Å². The molecule has 0 unspecified atom stereocenters. The van der Waals surface area contributed by atoms with Crippen molar-refractivity contribution in [1.82, 2.24) is 24.8 Å². The number of rotatable bonds is 6. The van der Waals surface area contributed by atoms with E-state index in [9.17, 15) is 9.59 Å². The van der Waals surface area contributed by atoms with Crippen LogP contribution in [0.4, 0.5) is 5.82 Å². The normalized spacial score (nSPS) is 18.9. The summed E-state index contributed by atoms with van der Waals surface area (Å²) in [4.78, 5) is 34.3. The van der Waals surface area contributed by atoms with E-state index in [0.29, 0.717) is 36.4 Å². The Hall–Kier alpha value is -5.10. The number of hydrogen-bond donors (Lipinski definition) is 2. The molecule has 1 saturated carbocycles. The minimum Gasteiger partial charge on any atom is -0.457 e. The van der Waals surface area contributed by atoms with Crippen molar-refractivity contribution in [2.24, 2.45) is 24.8 Å². The van der Waals surface area contributed by atoms with Crippen LogP contribution >= 0.6 is 0 Å². The predicted octanol–water partition coefficient (Wildman–Crippen LogP) is 3.37. The quantitative estimate of drug-likeness (QED) is 0.291. The Morgan fingerprint density at radius 3 is 2.50 bits per heavy atom. The zero-order valence-corrected chi connectivity index (χ0v) is 22.0. The second-order valence-electron chi connectivity index (χ2n) is 10.0. The smallest absolute Gasteiger partial charge is 0.243 e. The molecule has 200 valence electrons. The molecule has 3 heterocycles. The van der Waals surface area contributed by atoms with Crippen molar-refractivity contribution < 1.29 is 14.3 Å². The zero-order chi connectivity index (χ0) is 27.8. The van der Waals surface area contributed by atoms with Gasteiger partial charge in [0.1, 0.15) is 35.0 Å². The Labute approximate surface area is 231 Å². The molecule has 1 saturated heterocycles. The number of likely N-dealkylation sites (tertiary alicyclic amines) is 1.